The third-order valence-corrected chi connectivity index (χ3v) is 3.36. The summed E-state index contributed by atoms with van der Waals surface area (Å²) in [6.45, 7) is 1.76. The minimum absolute atomic E-state index is 0.211. The number of hydrogen-bond donors (Lipinski definition) is 0. The lowest BCUT2D eigenvalue weighted by Gasteiger charge is -2.06. The number of carbonyl (C=O) groups is 2. The lowest BCUT2D eigenvalue weighted by molar-refractivity contribution is 0.0693. The number of carbonyl (C=O) groups excluding carboxylic acids is 2. The molecule has 0 unspecified atom stereocenters. The Hall–Kier alpha value is -2.21. The standard InChI is InChI=1S/C12H9ClN4O2/c1-6-14-15-12(13)17(6)7-3-4-8-9(5-7)11(19)16(2)10(8)18/h3-5H,1-2H3. The summed E-state index contributed by atoms with van der Waals surface area (Å²) in [4.78, 5) is 24.8. The highest BCUT2D eigenvalue weighted by Gasteiger charge is 2.33. The van der Waals surface area contributed by atoms with E-state index in [4.69, 9.17) is 11.6 Å². The Kier molecular flexibility index (Phi) is 2.43. The van der Waals surface area contributed by atoms with Crippen LogP contribution >= 0.6 is 11.6 Å². The van der Waals surface area contributed by atoms with E-state index in [1.807, 2.05) is 0 Å². The number of nitrogens with zero attached hydrogens (tertiary/aromatic N) is 4. The van der Waals surface area contributed by atoms with E-state index >= 15 is 0 Å². The van der Waals surface area contributed by atoms with Gasteiger partial charge >= 0.3 is 0 Å². The first-order valence-electron chi connectivity index (χ1n) is 5.55. The van der Waals surface area contributed by atoms with E-state index in [1.165, 1.54) is 7.05 Å². The number of benzene rings is 1. The van der Waals surface area contributed by atoms with Crippen LogP contribution < -0.4 is 0 Å². The second-order valence-electron chi connectivity index (χ2n) is 4.25. The molecule has 2 aromatic rings. The van der Waals surface area contributed by atoms with Gasteiger partial charge in [0.15, 0.2) is 0 Å². The van der Waals surface area contributed by atoms with Crippen LogP contribution in [-0.4, -0.2) is 38.5 Å². The normalized spacial score (nSPS) is 14.2. The molecule has 0 bridgehead atoms. The molecule has 0 saturated heterocycles. The maximum atomic E-state index is 11.9. The van der Waals surface area contributed by atoms with Crippen molar-refractivity contribution in [2.24, 2.45) is 0 Å². The predicted molar refractivity (Wildman–Crippen MR) is 67.5 cm³/mol. The van der Waals surface area contributed by atoms with E-state index in [2.05, 4.69) is 10.2 Å². The predicted octanol–water partition coefficient (Wildman–Crippen LogP) is 1.45. The summed E-state index contributed by atoms with van der Waals surface area (Å²) in [5.41, 5.74) is 1.43. The molecule has 1 aliphatic rings. The van der Waals surface area contributed by atoms with Crippen LogP contribution in [0, 0.1) is 6.92 Å². The van der Waals surface area contributed by atoms with E-state index in [0.717, 1.165) is 4.90 Å². The second kappa shape index (κ2) is 3.89. The maximum absolute atomic E-state index is 11.9. The molecule has 0 aliphatic carbocycles. The largest absolute Gasteiger partial charge is 0.277 e. The Morgan fingerprint density at radius 2 is 1.79 bits per heavy atom. The lowest BCUT2D eigenvalue weighted by Crippen LogP contribution is -2.24. The Morgan fingerprint density at radius 1 is 1.11 bits per heavy atom. The molecule has 96 valence electrons. The minimum atomic E-state index is -0.316. The highest BCUT2D eigenvalue weighted by molar-refractivity contribution is 6.28. The van der Waals surface area contributed by atoms with Gasteiger partial charge in [0.25, 0.3) is 11.8 Å². The monoisotopic (exact) mass is 276 g/mol. The molecule has 7 heteroatoms. The van der Waals surface area contributed by atoms with E-state index < -0.39 is 0 Å². The number of halogens is 1. The SMILES string of the molecule is Cc1nnc(Cl)n1-c1ccc2c(c1)C(=O)N(C)C2=O. The van der Waals surface area contributed by atoms with Crippen LogP contribution in [0.2, 0.25) is 5.28 Å². The molecule has 0 atom stereocenters. The molecule has 1 aromatic heterocycles. The van der Waals surface area contributed by atoms with Crippen molar-refractivity contribution in [3.05, 3.63) is 40.4 Å². The van der Waals surface area contributed by atoms with Crippen LogP contribution in [-0.2, 0) is 0 Å². The molecule has 2 amide bonds. The Balaban J connectivity index is 2.19. The van der Waals surface area contributed by atoms with E-state index in [0.29, 0.717) is 22.6 Å². The van der Waals surface area contributed by atoms with Gasteiger partial charge in [0.2, 0.25) is 5.28 Å². The molecule has 0 N–H and O–H groups in total. The number of aryl methyl sites for hydroxylation is 1. The van der Waals surface area contributed by atoms with E-state index in [-0.39, 0.29) is 17.1 Å². The fourth-order valence-electron chi connectivity index (χ4n) is 2.12. The quantitative estimate of drug-likeness (QED) is 0.740. The number of rotatable bonds is 1. The van der Waals surface area contributed by atoms with Gasteiger partial charge in [-0.3, -0.25) is 19.1 Å². The number of imide groups is 1. The van der Waals surface area contributed by atoms with Gasteiger partial charge in [-0.1, -0.05) is 0 Å². The highest BCUT2D eigenvalue weighted by Crippen LogP contribution is 2.25. The fourth-order valence-corrected chi connectivity index (χ4v) is 2.38. The van der Waals surface area contributed by atoms with Crippen molar-refractivity contribution in [3.8, 4) is 5.69 Å². The topological polar surface area (TPSA) is 68.1 Å². The van der Waals surface area contributed by atoms with Gasteiger partial charge in [-0.05, 0) is 36.7 Å². The first-order chi connectivity index (χ1) is 9.00. The van der Waals surface area contributed by atoms with Gasteiger partial charge in [-0.15, -0.1) is 10.2 Å². The van der Waals surface area contributed by atoms with Gasteiger partial charge in [-0.2, -0.15) is 0 Å². The van der Waals surface area contributed by atoms with Crippen LogP contribution in [0.1, 0.15) is 26.5 Å². The van der Waals surface area contributed by atoms with Crippen molar-refractivity contribution in [2.75, 3.05) is 7.05 Å². The first kappa shape index (κ1) is 11.9. The average Bonchev–Trinajstić information content (AvgIpc) is 2.84. The van der Waals surface area contributed by atoms with Crippen LogP contribution in [0.3, 0.4) is 0 Å². The van der Waals surface area contributed by atoms with Gasteiger partial charge in [-0.25, -0.2) is 0 Å². The molecule has 19 heavy (non-hydrogen) atoms. The summed E-state index contributed by atoms with van der Waals surface area (Å²) < 4.78 is 1.61. The van der Waals surface area contributed by atoms with Gasteiger partial charge in [0, 0.05) is 7.05 Å². The molecule has 0 saturated carbocycles. The van der Waals surface area contributed by atoms with E-state index in [9.17, 15) is 9.59 Å². The smallest absolute Gasteiger partial charge is 0.261 e. The molecule has 3 rings (SSSR count). The van der Waals surface area contributed by atoms with Crippen molar-refractivity contribution >= 4 is 23.4 Å². The molecular formula is C12H9ClN4O2. The summed E-state index contributed by atoms with van der Waals surface area (Å²) in [6.07, 6.45) is 0. The number of amides is 2. The van der Waals surface area contributed by atoms with E-state index in [1.54, 1.807) is 29.7 Å². The van der Waals surface area contributed by atoms with Crippen LogP contribution in [0.15, 0.2) is 18.2 Å². The minimum Gasteiger partial charge on any atom is -0.277 e. The van der Waals surface area contributed by atoms with Gasteiger partial charge in [0.05, 0.1) is 16.8 Å². The Bertz CT molecular complexity index is 703. The fraction of sp³-hybridized carbons (Fsp3) is 0.167. The Labute approximate surface area is 113 Å². The third kappa shape index (κ3) is 1.57. The molecule has 1 aliphatic heterocycles. The average molecular weight is 277 g/mol. The molecule has 2 heterocycles. The first-order valence-corrected chi connectivity index (χ1v) is 5.93. The van der Waals surface area contributed by atoms with Gasteiger partial charge < -0.3 is 0 Å². The van der Waals surface area contributed by atoms with Crippen molar-refractivity contribution in [2.45, 2.75) is 6.92 Å². The second-order valence-corrected chi connectivity index (χ2v) is 4.59. The van der Waals surface area contributed by atoms with Gasteiger partial charge in [0.1, 0.15) is 5.82 Å². The summed E-state index contributed by atoms with van der Waals surface area (Å²) in [5.74, 6) is -0.00287. The molecular weight excluding hydrogens is 268 g/mol. The zero-order valence-electron chi connectivity index (χ0n) is 10.2. The molecule has 0 radical (unpaired) electrons. The summed E-state index contributed by atoms with van der Waals surface area (Å²) >= 11 is 5.95. The summed E-state index contributed by atoms with van der Waals surface area (Å²) in [6, 6.07) is 4.96. The molecule has 1 aromatic carbocycles. The van der Waals surface area contributed by atoms with Crippen molar-refractivity contribution in [1.29, 1.82) is 0 Å². The molecule has 0 spiro atoms. The van der Waals surface area contributed by atoms with Crippen LogP contribution in [0.25, 0.3) is 5.69 Å². The van der Waals surface area contributed by atoms with Crippen molar-refractivity contribution in [3.63, 3.8) is 0 Å². The van der Waals surface area contributed by atoms with Crippen molar-refractivity contribution < 1.29 is 9.59 Å². The number of hydrogen-bond acceptors (Lipinski definition) is 4. The Morgan fingerprint density at radius 3 is 2.42 bits per heavy atom. The highest BCUT2D eigenvalue weighted by atomic mass is 35.5. The molecule has 6 nitrogen and oxygen atoms in total. The number of fused-ring (bicyclic) bond motifs is 1. The third-order valence-electron chi connectivity index (χ3n) is 3.12. The van der Waals surface area contributed by atoms with Crippen molar-refractivity contribution in [1.82, 2.24) is 19.7 Å². The summed E-state index contributed by atoms with van der Waals surface area (Å²) in [7, 11) is 1.46. The summed E-state index contributed by atoms with van der Waals surface area (Å²) in [5, 5.41) is 7.82. The van der Waals surface area contributed by atoms with Crippen LogP contribution in [0.4, 0.5) is 0 Å². The number of aromatic nitrogens is 3. The zero-order valence-corrected chi connectivity index (χ0v) is 11.0. The van der Waals surface area contributed by atoms with Crippen LogP contribution in [0.5, 0.6) is 0 Å². The molecule has 0 fully saturated rings. The lowest BCUT2D eigenvalue weighted by atomic mass is 10.1. The maximum Gasteiger partial charge on any atom is 0.261 e. The zero-order chi connectivity index (χ0) is 13.7.